The standard InChI is InChI=1S/C14H24N4O/c1-10-13(9-16-12-6-7-12)11(2)18(17-10)8-4-5-14(19)15-3/h12,16H,4-9H2,1-3H3,(H,15,19). The number of hydrogen-bond acceptors (Lipinski definition) is 3. The molecule has 0 unspecified atom stereocenters. The van der Waals surface area contributed by atoms with E-state index in [1.54, 1.807) is 7.05 Å². The zero-order chi connectivity index (χ0) is 13.8. The first-order valence-corrected chi connectivity index (χ1v) is 7.08. The minimum absolute atomic E-state index is 0.0946. The fraction of sp³-hybridized carbons (Fsp3) is 0.714. The van der Waals surface area contributed by atoms with Crippen molar-refractivity contribution in [1.29, 1.82) is 0 Å². The van der Waals surface area contributed by atoms with Gasteiger partial charge in [0.2, 0.25) is 5.91 Å². The first kappa shape index (κ1) is 14.1. The van der Waals surface area contributed by atoms with Crippen LogP contribution in [0.2, 0.25) is 0 Å². The molecule has 1 aromatic heterocycles. The highest BCUT2D eigenvalue weighted by molar-refractivity contribution is 5.75. The van der Waals surface area contributed by atoms with E-state index in [4.69, 9.17) is 0 Å². The van der Waals surface area contributed by atoms with Gasteiger partial charge in [-0.1, -0.05) is 0 Å². The Bertz CT molecular complexity index is 449. The Morgan fingerprint density at radius 2 is 2.16 bits per heavy atom. The van der Waals surface area contributed by atoms with Crippen molar-refractivity contribution in [3.05, 3.63) is 17.0 Å². The summed E-state index contributed by atoms with van der Waals surface area (Å²) in [5.41, 5.74) is 3.64. The number of carbonyl (C=O) groups is 1. The Labute approximate surface area is 114 Å². The molecule has 1 fully saturated rings. The highest BCUT2D eigenvalue weighted by Gasteiger charge is 2.21. The van der Waals surface area contributed by atoms with E-state index in [-0.39, 0.29) is 5.91 Å². The van der Waals surface area contributed by atoms with Crippen molar-refractivity contribution in [3.8, 4) is 0 Å². The van der Waals surface area contributed by atoms with Crippen molar-refractivity contribution >= 4 is 5.91 Å². The summed E-state index contributed by atoms with van der Waals surface area (Å²) in [6.07, 6.45) is 4.00. The van der Waals surface area contributed by atoms with Gasteiger partial charge < -0.3 is 10.6 Å². The first-order valence-electron chi connectivity index (χ1n) is 7.08. The van der Waals surface area contributed by atoms with Gasteiger partial charge in [0.05, 0.1) is 5.69 Å². The summed E-state index contributed by atoms with van der Waals surface area (Å²) in [6.45, 7) is 5.90. The van der Waals surface area contributed by atoms with Crippen LogP contribution in [0.1, 0.15) is 42.6 Å². The second kappa shape index (κ2) is 6.19. The maximum atomic E-state index is 11.2. The zero-order valence-corrected chi connectivity index (χ0v) is 12.1. The molecule has 0 radical (unpaired) electrons. The van der Waals surface area contributed by atoms with Gasteiger partial charge >= 0.3 is 0 Å². The number of nitrogens with zero attached hydrogens (tertiary/aromatic N) is 2. The van der Waals surface area contributed by atoms with Crippen molar-refractivity contribution in [2.75, 3.05) is 7.05 Å². The molecule has 5 nitrogen and oxygen atoms in total. The Hall–Kier alpha value is -1.36. The Morgan fingerprint density at radius 3 is 2.79 bits per heavy atom. The lowest BCUT2D eigenvalue weighted by atomic mass is 10.2. The van der Waals surface area contributed by atoms with Gasteiger partial charge in [-0.05, 0) is 33.1 Å². The molecule has 106 valence electrons. The molecule has 19 heavy (non-hydrogen) atoms. The van der Waals surface area contributed by atoms with E-state index in [0.717, 1.165) is 31.2 Å². The highest BCUT2D eigenvalue weighted by atomic mass is 16.1. The zero-order valence-electron chi connectivity index (χ0n) is 12.1. The third kappa shape index (κ3) is 3.80. The molecule has 1 saturated carbocycles. The van der Waals surface area contributed by atoms with E-state index in [1.807, 2.05) is 4.68 Å². The van der Waals surface area contributed by atoms with Crippen LogP contribution in [0.15, 0.2) is 0 Å². The van der Waals surface area contributed by atoms with Gasteiger partial charge in [-0.2, -0.15) is 5.10 Å². The van der Waals surface area contributed by atoms with Gasteiger partial charge in [0.15, 0.2) is 0 Å². The molecule has 0 saturated heterocycles. The van der Waals surface area contributed by atoms with Crippen LogP contribution in [0.5, 0.6) is 0 Å². The van der Waals surface area contributed by atoms with Crippen molar-refractivity contribution in [2.24, 2.45) is 0 Å². The van der Waals surface area contributed by atoms with E-state index in [1.165, 1.54) is 24.1 Å². The van der Waals surface area contributed by atoms with E-state index in [0.29, 0.717) is 6.42 Å². The third-order valence-electron chi connectivity index (χ3n) is 3.73. The van der Waals surface area contributed by atoms with Crippen molar-refractivity contribution in [3.63, 3.8) is 0 Å². The molecule has 5 heteroatoms. The molecule has 1 aliphatic carbocycles. The fourth-order valence-electron chi connectivity index (χ4n) is 2.26. The fourth-order valence-corrected chi connectivity index (χ4v) is 2.26. The van der Waals surface area contributed by atoms with Gasteiger partial charge in [0.25, 0.3) is 0 Å². The van der Waals surface area contributed by atoms with E-state index in [9.17, 15) is 4.79 Å². The number of carbonyl (C=O) groups excluding carboxylic acids is 1. The number of nitrogens with one attached hydrogen (secondary N) is 2. The van der Waals surface area contributed by atoms with E-state index >= 15 is 0 Å². The summed E-state index contributed by atoms with van der Waals surface area (Å²) < 4.78 is 2.03. The molecule has 1 heterocycles. The quantitative estimate of drug-likeness (QED) is 0.780. The summed E-state index contributed by atoms with van der Waals surface area (Å²) in [6, 6.07) is 0.718. The maximum Gasteiger partial charge on any atom is 0.219 e. The molecule has 0 spiro atoms. The molecule has 0 bridgehead atoms. The predicted octanol–water partition coefficient (Wildman–Crippen LogP) is 1.28. The van der Waals surface area contributed by atoms with E-state index < -0.39 is 0 Å². The molecule has 1 aliphatic rings. The molecular weight excluding hydrogens is 240 g/mol. The molecule has 1 amide bonds. The SMILES string of the molecule is CNC(=O)CCCn1nc(C)c(CNC2CC2)c1C. The average molecular weight is 264 g/mol. The second-order valence-corrected chi connectivity index (χ2v) is 5.30. The molecule has 2 rings (SSSR count). The molecular formula is C14H24N4O. The van der Waals surface area contributed by atoms with Gasteiger partial charge in [0, 0.05) is 43.9 Å². The lowest BCUT2D eigenvalue weighted by Gasteiger charge is -2.06. The minimum Gasteiger partial charge on any atom is -0.359 e. The normalized spacial score (nSPS) is 14.7. The lowest BCUT2D eigenvalue weighted by molar-refractivity contribution is -0.120. The Balaban J connectivity index is 1.89. The first-order chi connectivity index (χ1) is 9.11. The minimum atomic E-state index is 0.0946. The number of amides is 1. The van der Waals surface area contributed by atoms with Gasteiger partial charge in [0.1, 0.15) is 0 Å². The monoisotopic (exact) mass is 264 g/mol. The summed E-state index contributed by atoms with van der Waals surface area (Å²) >= 11 is 0. The van der Waals surface area contributed by atoms with Gasteiger partial charge in [-0.25, -0.2) is 0 Å². The summed E-state index contributed by atoms with van der Waals surface area (Å²) in [5.74, 6) is 0.0946. The number of rotatable bonds is 7. The van der Waals surface area contributed by atoms with Gasteiger partial charge in [-0.3, -0.25) is 9.48 Å². The number of aryl methyl sites for hydroxylation is 2. The molecule has 0 atom stereocenters. The van der Waals surface area contributed by atoms with Crippen molar-refractivity contribution in [2.45, 2.75) is 58.7 Å². The number of aromatic nitrogens is 2. The highest BCUT2D eigenvalue weighted by Crippen LogP contribution is 2.21. The summed E-state index contributed by atoms with van der Waals surface area (Å²) in [4.78, 5) is 11.2. The van der Waals surface area contributed by atoms with Crippen LogP contribution in [-0.2, 0) is 17.9 Å². The van der Waals surface area contributed by atoms with Crippen LogP contribution in [0.4, 0.5) is 0 Å². The second-order valence-electron chi connectivity index (χ2n) is 5.30. The largest absolute Gasteiger partial charge is 0.359 e. The average Bonchev–Trinajstić information content (AvgIpc) is 3.17. The Kier molecular flexibility index (Phi) is 4.58. The van der Waals surface area contributed by atoms with Crippen LogP contribution in [-0.4, -0.2) is 28.8 Å². The van der Waals surface area contributed by atoms with Crippen molar-refractivity contribution < 1.29 is 4.79 Å². The summed E-state index contributed by atoms with van der Waals surface area (Å²) in [5, 5.41) is 10.8. The van der Waals surface area contributed by atoms with Crippen LogP contribution in [0.3, 0.4) is 0 Å². The van der Waals surface area contributed by atoms with E-state index in [2.05, 4.69) is 29.6 Å². The maximum absolute atomic E-state index is 11.2. The number of hydrogen-bond donors (Lipinski definition) is 2. The molecule has 0 aliphatic heterocycles. The van der Waals surface area contributed by atoms with Crippen LogP contribution in [0, 0.1) is 13.8 Å². The molecule has 2 N–H and O–H groups in total. The molecule has 1 aromatic rings. The topological polar surface area (TPSA) is 59.0 Å². The van der Waals surface area contributed by atoms with Crippen LogP contribution in [0.25, 0.3) is 0 Å². The molecule has 0 aromatic carbocycles. The van der Waals surface area contributed by atoms with Crippen LogP contribution >= 0.6 is 0 Å². The smallest absolute Gasteiger partial charge is 0.219 e. The lowest BCUT2D eigenvalue weighted by Crippen LogP contribution is -2.18. The Morgan fingerprint density at radius 1 is 1.42 bits per heavy atom. The summed E-state index contributed by atoms with van der Waals surface area (Å²) in [7, 11) is 1.67. The third-order valence-corrected chi connectivity index (χ3v) is 3.73. The van der Waals surface area contributed by atoms with Gasteiger partial charge in [-0.15, -0.1) is 0 Å². The van der Waals surface area contributed by atoms with Crippen molar-refractivity contribution in [1.82, 2.24) is 20.4 Å². The predicted molar refractivity (Wildman–Crippen MR) is 74.9 cm³/mol. The van der Waals surface area contributed by atoms with Crippen LogP contribution < -0.4 is 10.6 Å².